The van der Waals surface area contributed by atoms with E-state index in [1.165, 1.54) is 56.2 Å². The van der Waals surface area contributed by atoms with Crippen molar-refractivity contribution in [2.75, 3.05) is 6.54 Å². The summed E-state index contributed by atoms with van der Waals surface area (Å²) < 4.78 is 0. The lowest BCUT2D eigenvalue weighted by molar-refractivity contribution is 0.261. The van der Waals surface area contributed by atoms with Gasteiger partial charge in [-0.3, -0.25) is 0 Å². The molecular formula is C17H27N. The molecule has 0 aromatic heterocycles. The van der Waals surface area contributed by atoms with Crippen LogP contribution in [0.2, 0.25) is 0 Å². The van der Waals surface area contributed by atoms with E-state index in [9.17, 15) is 0 Å². The van der Waals surface area contributed by atoms with E-state index in [0.29, 0.717) is 0 Å². The molecule has 0 heterocycles. The number of aryl methyl sites for hydroxylation is 1. The second-order valence-electron chi connectivity index (χ2n) is 5.80. The molecule has 1 aromatic carbocycles. The SMILES string of the molecule is CCCNC1CCCCC1Cc1cccc(C)c1. The molecule has 1 aliphatic rings. The van der Waals surface area contributed by atoms with Crippen LogP contribution in [0.15, 0.2) is 24.3 Å². The molecule has 1 fully saturated rings. The van der Waals surface area contributed by atoms with E-state index >= 15 is 0 Å². The third kappa shape index (κ3) is 3.84. The van der Waals surface area contributed by atoms with Crippen LogP contribution in [0.1, 0.15) is 50.2 Å². The highest BCUT2D eigenvalue weighted by molar-refractivity contribution is 5.22. The Labute approximate surface area is 112 Å². The normalized spacial score (nSPS) is 24.1. The van der Waals surface area contributed by atoms with Crippen molar-refractivity contribution >= 4 is 0 Å². The van der Waals surface area contributed by atoms with E-state index in [2.05, 4.69) is 43.4 Å². The summed E-state index contributed by atoms with van der Waals surface area (Å²) in [4.78, 5) is 0. The molecule has 1 nitrogen and oxygen atoms in total. The van der Waals surface area contributed by atoms with Gasteiger partial charge < -0.3 is 5.32 Å². The molecule has 0 saturated heterocycles. The topological polar surface area (TPSA) is 12.0 Å². The van der Waals surface area contributed by atoms with Crippen molar-refractivity contribution in [1.82, 2.24) is 5.32 Å². The highest BCUT2D eigenvalue weighted by atomic mass is 14.9. The van der Waals surface area contributed by atoms with Gasteiger partial charge in [0.05, 0.1) is 0 Å². The second kappa shape index (κ2) is 6.94. The monoisotopic (exact) mass is 245 g/mol. The van der Waals surface area contributed by atoms with E-state index in [-0.39, 0.29) is 0 Å². The van der Waals surface area contributed by atoms with Gasteiger partial charge in [-0.05, 0) is 50.6 Å². The summed E-state index contributed by atoms with van der Waals surface area (Å²) in [5.41, 5.74) is 2.91. The fraction of sp³-hybridized carbons (Fsp3) is 0.647. The molecule has 100 valence electrons. The first-order valence-electron chi connectivity index (χ1n) is 7.58. The predicted octanol–water partition coefficient (Wildman–Crippen LogP) is 4.10. The van der Waals surface area contributed by atoms with Crippen LogP contribution in [0.3, 0.4) is 0 Å². The Kier molecular flexibility index (Phi) is 5.25. The van der Waals surface area contributed by atoms with Gasteiger partial charge in [-0.2, -0.15) is 0 Å². The number of hydrogen-bond donors (Lipinski definition) is 1. The summed E-state index contributed by atoms with van der Waals surface area (Å²) in [6.45, 7) is 5.62. The molecule has 18 heavy (non-hydrogen) atoms. The Morgan fingerprint density at radius 2 is 2.06 bits per heavy atom. The lowest BCUT2D eigenvalue weighted by atomic mass is 9.80. The smallest absolute Gasteiger partial charge is 0.00984 e. The summed E-state index contributed by atoms with van der Waals surface area (Å²) in [6.07, 6.45) is 8.09. The second-order valence-corrected chi connectivity index (χ2v) is 5.80. The Bertz CT molecular complexity index is 358. The van der Waals surface area contributed by atoms with Crippen molar-refractivity contribution in [2.45, 2.75) is 58.4 Å². The first-order chi connectivity index (χ1) is 8.79. The number of hydrogen-bond acceptors (Lipinski definition) is 1. The van der Waals surface area contributed by atoms with Crippen molar-refractivity contribution < 1.29 is 0 Å². The molecule has 2 unspecified atom stereocenters. The van der Waals surface area contributed by atoms with Gasteiger partial charge in [-0.1, -0.05) is 49.6 Å². The maximum absolute atomic E-state index is 3.76. The zero-order valence-electron chi connectivity index (χ0n) is 11.9. The first-order valence-corrected chi connectivity index (χ1v) is 7.58. The van der Waals surface area contributed by atoms with Gasteiger partial charge in [0, 0.05) is 6.04 Å². The van der Waals surface area contributed by atoms with Gasteiger partial charge in [0.15, 0.2) is 0 Å². The molecule has 0 aliphatic heterocycles. The van der Waals surface area contributed by atoms with Gasteiger partial charge in [0.1, 0.15) is 0 Å². The highest BCUT2D eigenvalue weighted by Crippen LogP contribution is 2.27. The minimum Gasteiger partial charge on any atom is -0.314 e. The minimum atomic E-state index is 0.749. The lowest BCUT2D eigenvalue weighted by Crippen LogP contribution is -2.39. The molecule has 0 radical (unpaired) electrons. The third-order valence-electron chi connectivity index (χ3n) is 4.15. The lowest BCUT2D eigenvalue weighted by Gasteiger charge is -2.32. The molecule has 0 bridgehead atoms. The molecule has 1 aromatic rings. The van der Waals surface area contributed by atoms with E-state index < -0.39 is 0 Å². The van der Waals surface area contributed by atoms with Crippen LogP contribution in [0.4, 0.5) is 0 Å². The summed E-state index contributed by atoms with van der Waals surface area (Å²) in [7, 11) is 0. The van der Waals surface area contributed by atoms with Crippen molar-refractivity contribution in [3.05, 3.63) is 35.4 Å². The molecule has 1 aliphatic carbocycles. The maximum Gasteiger partial charge on any atom is 0.00984 e. The summed E-state index contributed by atoms with van der Waals surface area (Å²) in [5, 5.41) is 3.76. The fourth-order valence-electron chi connectivity index (χ4n) is 3.19. The van der Waals surface area contributed by atoms with Crippen LogP contribution >= 0.6 is 0 Å². The van der Waals surface area contributed by atoms with Crippen LogP contribution < -0.4 is 5.32 Å². The Morgan fingerprint density at radius 3 is 2.83 bits per heavy atom. The zero-order valence-corrected chi connectivity index (χ0v) is 11.9. The van der Waals surface area contributed by atoms with E-state index in [4.69, 9.17) is 0 Å². The molecule has 0 amide bonds. The predicted molar refractivity (Wildman–Crippen MR) is 78.9 cm³/mol. The van der Waals surface area contributed by atoms with E-state index in [0.717, 1.165) is 12.0 Å². The van der Waals surface area contributed by atoms with Crippen LogP contribution in [-0.2, 0) is 6.42 Å². The van der Waals surface area contributed by atoms with E-state index in [1.807, 2.05) is 0 Å². The van der Waals surface area contributed by atoms with Crippen molar-refractivity contribution in [3.8, 4) is 0 Å². The third-order valence-corrected chi connectivity index (χ3v) is 4.15. The standard InChI is InChI=1S/C17H27N/c1-3-11-18-17-10-5-4-9-16(17)13-15-8-6-7-14(2)12-15/h6-8,12,16-18H,3-5,9-11,13H2,1-2H3. The van der Waals surface area contributed by atoms with Gasteiger partial charge in [0.2, 0.25) is 0 Å². The van der Waals surface area contributed by atoms with Crippen LogP contribution in [0.5, 0.6) is 0 Å². The van der Waals surface area contributed by atoms with Gasteiger partial charge in [-0.25, -0.2) is 0 Å². The largest absolute Gasteiger partial charge is 0.314 e. The number of benzene rings is 1. The molecule has 2 atom stereocenters. The molecule has 0 spiro atoms. The van der Waals surface area contributed by atoms with Gasteiger partial charge in [-0.15, -0.1) is 0 Å². The van der Waals surface area contributed by atoms with Crippen LogP contribution in [0, 0.1) is 12.8 Å². The maximum atomic E-state index is 3.76. The quantitative estimate of drug-likeness (QED) is 0.823. The molecule has 2 rings (SSSR count). The zero-order chi connectivity index (χ0) is 12.8. The van der Waals surface area contributed by atoms with Crippen LogP contribution in [0.25, 0.3) is 0 Å². The van der Waals surface area contributed by atoms with Gasteiger partial charge >= 0.3 is 0 Å². The minimum absolute atomic E-state index is 0.749. The Hall–Kier alpha value is -0.820. The fourth-order valence-corrected chi connectivity index (χ4v) is 3.19. The summed E-state index contributed by atoms with van der Waals surface area (Å²) in [5.74, 6) is 0.840. The highest BCUT2D eigenvalue weighted by Gasteiger charge is 2.24. The van der Waals surface area contributed by atoms with Crippen molar-refractivity contribution in [1.29, 1.82) is 0 Å². The average molecular weight is 245 g/mol. The molecule has 1 heteroatoms. The van der Waals surface area contributed by atoms with Crippen LogP contribution in [-0.4, -0.2) is 12.6 Å². The summed E-state index contributed by atoms with van der Waals surface area (Å²) >= 11 is 0. The van der Waals surface area contributed by atoms with Crippen molar-refractivity contribution in [3.63, 3.8) is 0 Å². The molecule has 1 saturated carbocycles. The number of rotatable bonds is 5. The van der Waals surface area contributed by atoms with Crippen molar-refractivity contribution in [2.24, 2.45) is 5.92 Å². The Balaban J connectivity index is 1.96. The Morgan fingerprint density at radius 1 is 1.22 bits per heavy atom. The van der Waals surface area contributed by atoms with E-state index in [1.54, 1.807) is 0 Å². The number of nitrogens with one attached hydrogen (secondary N) is 1. The first kappa shape index (κ1) is 13.6. The molecule has 1 N–H and O–H groups in total. The average Bonchev–Trinajstić information content (AvgIpc) is 2.38. The molecular weight excluding hydrogens is 218 g/mol. The van der Waals surface area contributed by atoms with Gasteiger partial charge in [0.25, 0.3) is 0 Å². The summed E-state index contributed by atoms with van der Waals surface area (Å²) in [6, 6.07) is 9.78.